The summed E-state index contributed by atoms with van der Waals surface area (Å²) in [5, 5.41) is 24.1. The molecule has 0 spiro atoms. The maximum atomic E-state index is 12.0. The number of carbonyl (C=O) groups excluding carboxylic acids is 1. The minimum Gasteiger partial charge on any atom is -0.480 e. The second kappa shape index (κ2) is 9.67. The van der Waals surface area contributed by atoms with E-state index in [0.717, 1.165) is 37.1 Å². The molecule has 3 N–H and O–H groups in total. The fourth-order valence-corrected chi connectivity index (χ4v) is 3.70. The first-order chi connectivity index (χ1) is 12.0. The number of urea groups is 1. The molecule has 2 amide bonds. The Morgan fingerprint density at radius 1 is 1.28 bits per heavy atom. The van der Waals surface area contributed by atoms with E-state index in [2.05, 4.69) is 27.8 Å². The number of aliphatic carboxylic acids is 1. The number of aromatic nitrogens is 2. The second-order valence-electron chi connectivity index (χ2n) is 6.34. The van der Waals surface area contributed by atoms with Crippen LogP contribution in [0.25, 0.3) is 0 Å². The van der Waals surface area contributed by atoms with Crippen LogP contribution in [0.15, 0.2) is 0 Å². The van der Waals surface area contributed by atoms with E-state index < -0.39 is 5.97 Å². The smallest absolute Gasteiger partial charge is 0.321 e. The predicted octanol–water partition coefficient (Wildman–Crippen LogP) is 2.33. The van der Waals surface area contributed by atoms with Crippen LogP contribution in [-0.4, -0.2) is 57.4 Å². The molecule has 25 heavy (non-hydrogen) atoms. The zero-order valence-electron chi connectivity index (χ0n) is 14.8. The predicted molar refractivity (Wildman–Crippen MR) is 97.0 cm³/mol. The third kappa shape index (κ3) is 6.24. The number of anilines is 1. The van der Waals surface area contributed by atoms with Gasteiger partial charge in [-0.1, -0.05) is 38.0 Å². The molecule has 8 nitrogen and oxygen atoms in total. The summed E-state index contributed by atoms with van der Waals surface area (Å²) >= 11 is 1.41. The number of hydrogen-bond acceptors (Lipinski definition) is 6. The van der Waals surface area contributed by atoms with Crippen LogP contribution in [0.5, 0.6) is 0 Å². The molecule has 1 saturated carbocycles. The van der Waals surface area contributed by atoms with E-state index in [1.165, 1.54) is 17.8 Å². The number of hydrogen-bond donors (Lipinski definition) is 3. The average molecular weight is 369 g/mol. The van der Waals surface area contributed by atoms with Gasteiger partial charge < -0.3 is 10.4 Å². The van der Waals surface area contributed by atoms with Gasteiger partial charge in [-0.25, -0.2) is 4.79 Å². The van der Waals surface area contributed by atoms with Gasteiger partial charge in [0.2, 0.25) is 5.13 Å². The molecule has 0 radical (unpaired) electrons. The number of rotatable bonds is 10. The number of carbonyl (C=O) groups is 2. The highest BCUT2D eigenvalue weighted by atomic mass is 32.1. The summed E-state index contributed by atoms with van der Waals surface area (Å²) in [5.41, 5.74) is 0. The van der Waals surface area contributed by atoms with Gasteiger partial charge in [0.25, 0.3) is 0 Å². The van der Waals surface area contributed by atoms with Gasteiger partial charge in [-0.2, -0.15) is 0 Å². The molecule has 1 aliphatic rings. The molecule has 0 saturated heterocycles. The highest BCUT2D eigenvalue weighted by Crippen LogP contribution is 2.26. The molecule has 1 heterocycles. The lowest BCUT2D eigenvalue weighted by molar-refractivity contribution is -0.139. The highest BCUT2D eigenvalue weighted by molar-refractivity contribution is 7.15. The summed E-state index contributed by atoms with van der Waals surface area (Å²) in [6.45, 7) is 4.85. The molecule has 1 aromatic rings. The number of likely N-dealkylation sites (N-methyl/N-ethyl adjacent to an activating group) is 1. The fourth-order valence-electron chi connectivity index (χ4n) is 2.93. The van der Waals surface area contributed by atoms with Crippen molar-refractivity contribution in [2.75, 3.05) is 18.4 Å². The zero-order valence-corrected chi connectivity index (χ0v) is 15.6. The van der Waals surface area contributed by atoms with Gasteiger partial charge in [0.05, 0.1) is 6.54 Å². The number of carboxylic acid groups (broad SMARTS) is 1. The van der Waals surface area contributed by atoms with Crippen molar-refractivity contribution in [1.29, 1.82) is 0 Å². The standard InChI is InChI=1S/C16H27N5O3S/c1-3-5-6-7-13-19-20-16(25-13)18-15(24)17-11-8-12(9-11)21(4-2)10-14(22)23/h11-12H,3-10H2,1-2H3,(H,22,23)(H2,17,18,20,24). The Hall–Kier alpha value is -1.74. The maximum absolute atomic E-state index is 12.0. The topological polar surface area (TPSA) is 107 Å². The lowest BCUT2D eigenvalue weighted by Gasteiger charge is -2.42. The third-order valence-electron chi connectivity index (χ3n) is 4.39. The molecular formula is C16H27N5O3S. The Morgan fingerprint density at radius 2 is 2.04 bits per heavy atom. The second-order valence-corrected chi connectivity index (χ2v) is 7.40. The molecule has 0 atom stereocenters. The van der Waals surface area contributed by atoms with Gasteiger partial charge in [-0.3, -0.25) is 15.0 Å². The molecule has 1 aliphatic carbocycles. The molecule has 9 heteroatoms. The van der Waals surface area contributed by atoms with Crippen molar-refractivity contribution in [2.45, 2.75) is 64.5 Å². The number of nitrogens with zero attached hydrogens (tertiary/aromatic N) is 3. The Labute approximate surface area is 152 Å². The van der Waals surface area contributed by atoms with E-state index in [-0.39, 0.29) is 24.7 Å². The summed E-state index contributed by atoms with van der Waals surface area (Å²) in [4.78, 5) is 24.8. The van der Waals surface area contributed by atoms with Crippen LogP contribution in [0.4, 0.5) is 9.93 Å². The van der Waals surface area contributed by atoms with Gasteiger partial charge in [0, 0.05) is 18.5 Å². The molecule has 1 fully saturated rings. The number of nitrogens with one attached hydrogen (secondary N) is 2. The number of unbranched alkanes of at least 4 members (excludes halogenated alkanes) is 2. The van der Waals surface area contributed by atoms with Crippen molar-refractivity contribution in [3.8, 4) is 0 Å². The van der Waals surface area contributed by atoms with Crippen molar-refractivity contribution in [3.63, 3.8) is 0 Å². The van der Waals surface area contributed by atoms with E-state index in [4.69, 9.17) is 5.11 Å². The van der Waals surface area contributed by atoms with Gasteiger partial charge in [0.15, 0.2) is 0 Å². The lowest BCUT2D eigenvalue weighted by Crippen LogP contribution is -2.55. The minimum atomic E-state index is -0.818. The quantitative estimate of drug-likeness (QED) is 0.546. The SMILES string of the molecule is CCCCCc1nnc(NC(=O)NC2CC(N(CC)CC(=O)O)C2)s1. The van der Waals surface area contributed by atoms with E-state index >= 15 is 0 Å². The van der Waals surface area contributed by atoms with Gasteiger partial charge >= 0.3 is 12.0 Å². The van der Waals surface area contributed by atoms with Crippen molar-refractivity contribution in [3.05, 3.63) is 5.01 Å². The Bertz CT molecular complexity index is 574. The fraction of sp³-hybridized carbons (Fsp3) is 0.750. The third-order valence-corrected chi connectivity index (χ3v) is 5.29. The van der Waals surface area contributed by atoms with Crippen LogP contribution in [0.1, 0.15) is 51.0 Å². The van der Waals surface area contributed by atoms with Crippen LogP contribution < -0.4 is 10.6 Å². The van der Waals surface area contributed by atoms with Gasteiger partial charge in [-0.05, 0) is 25.8 Å². The average Bonchev–Trinajstić information content (AvgIpc) is 2.96. The first-order valence-corrected chi connectivity index (χ1v) is 9.69. The molecule has 0 aromatic carbocycles. The van der Waals surface area contributed by atoms with E-state index in [0.29, 0.717) is 11.7 Å². The molecule has 0 aliphatic heterocycles. The van der Waals surface area contributed by atoms with E-state index in [1.807, 2.05) is 11.8 Å². The van der Waals surface area contributed by atoms with Crippen molar-refractivity contribution in [1.82, 2.24) is 20.4 Å². The van der Waals surface area contributed by atoms with E-state index in [1.54, 1.807) is 0 Å². The summed E-state index contributed by atoms with van der Waals surface area (Å²) in [6.07, 6.45) is 5.86. The Kier molecular flexibility index (Phi) is 7.57. The first kappa shape index (κ1) is 19.6. The minimum absolute atomic E-state index is 0.0473. The summed E-state index contributed by atoms with van der Waals surface area (Å²) in [7, 11) is 0. The first-order valence-electron chi connectivity index (χ1n) is 8.87. The van der Waals surface area contributed by atoms with Crippen LogP contribution in [0.3, 0.4) is 0 Å². The van der Waals surface area contributed by atoms with Gasteiger partial charge in [0.1, 0.15) is 5.01 Å². The number of amides is 2. The van der Waals surface area contributed by atoms with Crippen LogP contribution in [-0.2, 0) is 11.2 Å². The summed E-state index contributed by atoms with van der Waals surface area (Å²) in [5.74, 6) is -0.818. The summed E-state index contributed by atoms with van der Waals surface area (Å²) in [6, 6.07) is 0.0175. The molecule has 0 unspecified atom stereocenters. The zero-order chi connectivity index (χ0) is 18.2. The number of aryl methyl sites for hydroxylation is 1. The van der Waals surface area contributed by atoms with Gasteiger partial charge in [-0.15, -0.1) is 10.2 Å². The number of carboxylic acids is 1. The molecule has 1 aromatic heterocycles. The largest absolute Gasteiger partial charge is 0.480 e. The van der Waals surface area contributed by atoms with Crippen molar-refractivity contribution >= 4 is 28.5 Å². The highest BCUT2D eigenvalue weighted by Gasteiger charge is 2.34. The normalized spacial score (nSPS) is 19.5. The maximum Gasteiger partial charge on any atom is 0.321 e. The van der Waals surface area contributed by atoms with Crippen LogP contribution in [0, 0.1) is 0 Å². The Morgan fingerprint density at radius 3 is 2.68 bits per heavy atom. The molecule has 140 valence electrons. The van der Waals surface area contributed by atoms with E-state index in [9.17, 15) is 9.59 Å². The monoisotopic (exact) mass is 369 g/mol. The Balaban J connectivity index is 1.69. The summed E-state index contributed by atoms with van der Waals surface area (Å²) < 4.78 is 0. The van der Waals surface area contributed by atoms with Crippen LogP contribution >= 0.6 is 11.3 Å². The molecular weight excluding hydrogens is 342 g/mol. The van der Waals surface area contributed by atoms with Crippen molar-refractivity contribution < 1.29 is 14.7 Å². The van der Waals surface area contributed by atoms with Crippen LogP contribution in [0.2, 0.25) is 0 Å². The van der Waals surface area contributed by atoms with Crippen molar-refractivity contribution in [2.24, 2.45) is 0 Å². The molecule has 2 rings (SSSR count). The lowest BCUT2D eigenvalue weighted by atomic mass is 9.85. The molecule has 0 bridgehead atoms.